The molecule has 0 radical (unpaired) electrons. The maximum absolute atomic E-state index is 13.1. The molecule has 1 heterocycles. The Morgan fingerprint density at radius 1 is 1.18 bits per heavy atom. The van der Waals surface area contributed by atoms with E-state index in [-0.39, 0.29) is 11.1 Å². The van der Waals surface area contributed by atoms with Crippen molar-refractivity contribution in [2.75, 3.05) is 23.8 Å². The lowest BCUT2D eigenvalue weighted by atomic mass is 10.1. The van der Waals surface area contributed by atoms with Crippen molar-refractivity contribution < 1.29 is 19.1 Å². The number of aromatic nitrogens is 2. The Morgan fingerprint density at radius 3 is 2.54 bits per heavy atom. The van der Waals surface area contributed by atoms with Gasteiger partial charge < -0.3 is 15.3 Å². The third-order valence-electron chi connectivity index (χ3n) is 4.30. The fourth-order valence-corrected chi connectivity index (χ4v) is 2.73. The van der Waals surface area contributed by atoms with Gasteiger partial charge in [0.15, 0.2) is 0 Å². The zero-order valence-electron chi connectivity index (χ0n) is 15.1. The van der Waals surface area contributed by atoms with E-state index >= 15 is 0 Å². The van der Waals surface area contributed by atoms with Crippen LogP contribution in [-0.2, 0) is 6.42 Å². The van der Waals surface area contributed by atoms with Crippen molar-refractivity contribution in [1.82, 2.24) is 10.2 Å². The Kier molecular flexibility index (Phi) is 5.69. The zero-order chi connectivity index (χ0) is 20.1. The molecule has 144 valence electrons. The highest BCUT2D eigenvalue weighted by molar-refractivity contribution is 6.06. The Bertz CT molecular complexity index is 972. The lowest BCUT2D eigenvalue weighted by Gasteiger charge is -2.23. The summed E-state index contributed by atoms with van der Waals surface area (Å²) in [5.41, 5.74) is 2.40. The van der Waals surface area contributed by atoms with E-state index in [0.717, 1.165) is 12.0 Å². The van der Waals surface area contributed by atoms with E-state index < -0.39 is 17.7 Å². The lowest BCUT2D eigenvalue weighted by molar-refractivity contribution is 0.0696. The SMILES string of the molecule is CN(CCc1cn[nH]c1)c1ccc(C(=O)O)cc1NC(=O)c1ccc(F)cc1. The number of rotatable bonds is 7. The summed E-state index contributed by atoms with van der Waals surface area (Å²) in [6.45, 7) is 0.630. The van der Waals surface area contributed by atoms with Gasteiger partial charge in [0.05, 0.1) is 23.1 Å². The highest BCUT2D eigenvalue weighted by atomic mass is 19.1. The molecular formula is C20H19FN4O3. The van der Waals surface area contributed by atoms with Crippen molar-refractivity contribution in [3.05, 3.63) is 77.4 Å². The monoisotopic (exact) mass is 382 g/mol. The number of carbonyl (C=O) groups excluding carboxylic acids is 1. The summed E-state index contributed by atoms with van der Waals surface area (Å²) in [5, 5.41) is 18.7. The molecule has 28 heavy (non-hydrogen) atoms. The molecule has 0 aliphatic heterocycles. The van der Waals surface area contributed by atoms with Crippen LogP contribution in [0.5, 0.6) is 0 Å². The Hall–Kier alpha value is -3.68. The largest absolute Gasteiger partial charge is 0.478 e. The van der Waals surface area contributed by atoms with Crippen LogP contribution >= 0.6 is 0 Å². The number of carbonyl (C=O) groups is 2. The summed E-state index contributed by atoms with van der Waals surface area (Å²) in [5.74, 6) is -1.99. The number of likely N-dealkylation sites (N-methyl/N-ethyl adjacent to an activating group) is 1. The number of hydrogen-bond donors (Lipinski definition) is 3. The fourth-order valence-electron chi connectivity index (χ4n) is 2.73. The molecule has 2 aromatic carbocycles. The van der Waals surface area contributed by atoms with Gasteiger partial charge in [-0.2, -0.15) is 5.10 Å². The molecule has 3 N–H and O–H groups in total. The summed E-state index contributed by atoms with van der Waals surface area (Å²) in [6.07, 6.45) is 4.26. The normalized spacial score (nSPS) is 10.5. The predicted octanol–water partition coefficient (Wildman–Crippen LogP) is 3.18. The van der Waals surface area contributed by atoms with Crippen LogP contribution < -0.4 is 10.2 Å². The number of carboxylic acids is 1. The molecule has 0 saturated heterocycles. The molecule has 0 aliphatic rings. The molecule has 1 aromatic heterocycles. The third kappa shape index (κ3) is 4.53. The number of anilines is 2. The Labute approximate surface area is 160 Å². The fraction of sp³-hybridized carbons (Fsp3) is 0.150. The smallest absolute Gasteiger partial charge is 0.335 e. The molecule has 7 nitrogen and oxygen atoms in total. The maximum atomic E-state index is 13.1. The minimum Gasteiger partial charge on any atom is -0.478 e. The summed E-state index contributed by atoms with van der Waals surface area (Å²) in [6, 6.07) is 9.68. The van der Waals surface area contributed by atoms with Gasteiger partial charge in [-0.05, 0) is 54.4 Å². The molecule has 0 fully saturated rings. The summed E-state index contributed by atoms with van der Waals surface area (Å²) >= 11 is 0. The number of nitrogens with one attached hydrogen (secondary N) is 2. The molecule has 3 aromatic rings. The van der Waals surface area contributed by atoms with Crippen molar-refractivity contribution in [2.45, 2.75) is 6.42 Å². The van der Waals surface area contributed by atoms with Crippen LogP contribution in [0.1, 0.15) is 26.3 Å². The summed E-state index contributed by atoms with van der Waals surface area (Å²) in [7, 11) is 1.85. The molecule has 8 heteroatoms. The van der Waals surface area contributed by atoms with E-state index in [2.05, 4.69) is 15.5 Å². The molecular weight excluding hydrogens is 363 g/mol. The van der Waals surface area contributed by atoms with E-state index in [4.69, 9.17) is 0 Å². The van der Waals surface area contributed by atoms with Crippen LogP contribution in [0.15, 0.2) is 54.9 Å². The number of benzene rings is 2. The van der Waals surface area contributed by atoms with Crippen LogP contribution in [0.4, 0.5) is 15.8 Å². The molecule has 0 saturated carbocycles. The number of nitrogens with zero attached hydrogens (tertiary/aromatic N) is 2. The molecule has 3 rings (SSSR count). The molecule has 1 amide bonds. The average Bonchev–Trinajstić information content (AvgIpc) is 3.20. The van der Waals surface area contributed by atoms with E-state index in [1.807, 2.05) is 11.9 Å². The van der Waals surface area contributed by atoms with Crippen molar-refractivity contribution in [3.8, 4) is 0 Å². The topological polar surface area (TPSA) is 98.3 Å². The zero-order valence-corrected chi connectivity index (χ0v) is 15.1. The van der Waals surface area contributed by atoms with Crippen molar-refractivity contribution in [3.63, 3.8) is 0 Å². The number of aromatic carboxylic acids is 1. The van der Waals surface area contributed by atoms with Gasteiger partial charge in [-0.1, -0.05) is 0 Å². The standard InChI is InChI=1S/C20H19FN4O3/c1-25(9-8-13-11-22-23-12-13)18-7-4-15(20(27)28)10-17(18)24-19(26)14-2-5-16(21)6-3-14/h2-7,10-12H,8-9H2,1H3,(H,22,23)(H,24,26)(H,27,28). The molecule has 0 spiro atoms. The van der Waals surface area contributed by atoms with E-state index in [1.54, 1.807) is 18.5 Å². The van der Waals surface area contributed by atoms with Crippen LogP contribution in [0.2, 0.25) is 0 Å². The number of amides is 1. The second-order valence-corrected chi connectivity index (χ2v) is 6.28. The minimum atomic E-state index is -1.09. The molecule has 0 atom stereocenters. The van der Waals surface area contributed by atoms with Crippen LogP contribution in [0.3, 0.4) is 0 Å². The van der Waals surface area contributed by atoms with E-state index in [9.17, 15) is 19.1 Å². The average molecular weight is 382 g/mol. The van der Waals surface area contributed by atoms with E-state index in [0.29, 0.717) is 17.9 Å². The van der Waals surface area contributed by atoms with Crippen molar-refractivity contribution in [2.24, 2.45) is 0 Å². The second kappa shape index (κ2) is 8.34. The Balaban J connectivity index is 1.83. The lowest BCUT2D eigenvalue weighted by Crippen LogP contribution is -2.23. The molecule has 0 unspecified atom stereocenters. The van der Waals surface area contributed by atoms with Gasteiger partial charge in [0.2, 0.25) is 0 Å². The van der Waals surface area contributed by atoms with Gasteiger partial charge in [-0.15, -0.1) is 0 Å². The van der Waals surface area contributed by atoms with Crippen LogP contribution in [-0.4, -0.2) is 40.8 Å². The number of halogens is 1. The van der Waals surface area contributed by atoms with Gasteiger partial charge >= 0.3 is 5.97 Å². The van der Waals surface area contributed by atoms with Crippen LogP contribution in [0, 0.1) is 5.82 Å². The first-order chi connectivity index (χ1) is 13.4. The number of carboxylic acid groups (broad SMARTS) is 1. The van der Waals surface area contributed by atoms with Gasteiger partial charge in [-0.3, -0.25) is 9.89 Å². The van der Waals surface area contributed by atoms with E-state index in [1.165, 1.54) is 36.4 Å². The minimum absolute atomic E-state index is 0.0568. The van der Waals surface area contributed by atoms with Gasteiger partial charge in [-0.25, -0.2) is 9.18 Å². The van der Waals surface area contributed by atoms with Gasteiger partial charge in [0, 0.05) is 25.4 Å². The number of hydrogen-bond acceptors (Lipinski definition) is 4. The summed E-state index contributed by atoms with van der Waals surface area (Å²) < 4.78 is 13.1. The molecule has 0 aliphatic carbocycles. The number of aromatic amines is 1. The quantitative estimate of drug-likeness (QED) is 0.583. The number of H-pyrrole nitrogens is 1. The highest BCUT2D eigenvalue weighted by Gasteiger charge is 2.15. The maximum Gasteiger partial charge on any atom is 0.335 e. The van der Waals surface area contributed by atoms with Crippen LogP contribution in [0.25, 0.3) is 0 Å². The first-order valence-corrected chi connectivity index (χ1v) is 8.57. The first kappa shape index (κ1) is 19.1. The van der Waals surface area contributed by atoms with Gasteiger partial charge in [0.25, 0.3) is 5.91 Å². The highest BCUT2D eigenvalue weighted by Crippen LogP contribution is 2.27. The van der Waals surface area contributed by atoms with Gasteiger partial charge in [0.1, 0.15) is 5.82 Å². The third-order valence-corrected chi connectivity index (χ3v) is 4.30. The predicted molar refractivity (Wildman–Crippen MR) is 103 cm³/mol. The second-order valence-electron chi connectivity index (χ2n) is 6.28. The summed E-state index contributed by atoms with van der Waals surface area (Å²) in [4.78, 5) is 25.8. The Morgan fingerprint density at radius 2 is 1.89 bits per heavy atom. The first-order valence-electron chi connectivity index (χ1n) is 8.57. The van der Waals surface area contributed by atoms with Crippen molar-refractivity contribution >= 4 is 23.3 Å². The molecule has 0 bridgehead atoms. The van der Waals surface area contributed by atoms with Crippen molar-refractivity contribution in [1.29, 1.82) is 0 Å².